The third-order valence-electron chi connectivity index (χ3n) is 3.13. The van der Waals surface area contributed by atoms with Crippen molar-refractivity contribution in [1.29, 1.82) is 0 Å². The first-order chi connectivity index (χ1) is 9.74. The maximum absolute atomic E-state index is 5.85. The van der Waals surface area contributed by atoms with Crippen LogP contribution in [0.5, 0.6) is 0 Å². The van der Waals surface area contributed by atoms with Gasteiger partial charge in [0.1, 0.15) is 0 Å². The number of nitrogens with zero attached hydrogens (tertiary/aromatic N) is 3. The number of hydrogen-bond acceptors (Lipinski definition) is 5. The zero-order valence-electron chi connectivity index (χ0n) is 11.8. The van der Waals surface area contributed by atoms with Crippen LogP contribution in [-0.2, 0) is 0 Å². The van der Waals surface area contributed by atoms with Gasteiger partial charge in [-0.05, 0) is 42.8 Å². The van der Waals surface area contributed by atoms with Gasteiger partial charge in [-0.2, -0.15) is 0 Å². The van der Waals surface area contributed by atoms with E-state index in [-0.39, 0.29) is 6.15 Å². The highest BCUT2D eigenvalue weighted by atomic mass is 14.9. The number of anilines is 1. The van der Waals surface area contributed by atoms with Crippen molar-refractivity contribution < 1.29 is 0 Å². The van der Waals surface area contributed by atoms with Gasteiger partial charge in [0, 0.05) is 35.4 Å². The fourth-order valence-electron chi connectivity index (χ4n) is 2.05. The predicted octanol–water partition coefficient (Wildman–Crippen LogP) is 3.26. The molecule has 0 atom stereocenters. The highest BCUT2D eigenvalue weighted by Gasteiger charge is 2.07. The molecule has 21 heavy (non-hydrogen) atoms. The van der Waals surface area contributed by atoms with Gasteiger partial charge >= 0.3 is 0 Å². The number of nitrogen functional groups attached to an aromatic ring is 1. The Hall–Kier alpha value is -2.79. The standard InChI is InChI=1S/C16H14N4.H3N/c1-11-2-3-13(17)10-14(11)16-19-9-6-15(20-16)12-4-7-18-8-5-12;/h2-10H,17H2,1H3;1H3. The van der Waals surface area contributed by atoms with Gasteiger partial charge in [0.05, 0.1) is 5.69 Å². The molecule has 3 aromatic rings. The average molecular weight is 279 g/mol. The number of rotatable bonds is 2. The Morgan fingerprint density at radius 1 is 0.952 bits per heavy atom. The predicted molar refractivity (Wildman–Crippen MR) is 84.9 cm³/mol. The van der Waals surface area contributed by atoms with Gasteiger partial charge in [0.15, 0.2) is 5.82 Å². The van der Waals surface area contributed by atoms with E-state index < -0.39 is 0 Å². The molecule has 0 unspecified atom stereocenters. The Morgan fingerprint density at radius 3 is 2.48 bits per heavy atom. The highest BCUT2D eigenvalue weighted by Crippen LogP contribution is 2.24. The minimum absolute atomic E-state index is 0. The van der Waals surface area contributed by atoms with Crippen molar-refractivity contribution >= 4 is 5.69 Å². The van der Waals surface area contributed by atoms with E-state index in [1.807, 2.05) is 43.3 Å². The summed E-state index contributed by atoms with van der Waals surface area (Å²) in [5.74, 6) is 0.684. The summed E-state index contributed by atoms with van der Waals surface area (Å²) < 4.78 is 0. The summed E-state index contributed by atoms with van der Waals surface area (Å²) in [5.41, 5.74) is 10.5. The number of nitrogens with two attached hydrogens (primary N) is 1. The molecule has 3 rings (SSSR count). The van der Waals surface area contributed by atoms with E-state index in [2.05, 4.69) is 15.0 Å². The zero-order valence-corrected chi connectivity index (χ0v) is 11.8. The Balaban J connectivity index is 0.00000161. The quantitative estimate of drug-likeness (QED) is 0.701. The summed E-state index contributed by atoms with van der Waals surface area (Å²) in [4.78, 5) is 13.0. The molecule has 0 saturated heterocycles. The molecule has 106 valence electrons. The van der Waals surface area contributed by atoms with E-state index in [1.165, 1.54) is 0 Å². The summed E-state index contributed by atoms with van der Waals surface area (Å²) in [6.07, 6.45) is 5.27. The van der Waals surface area contributed by atoms with Crippen LogP contribution in [0.25, 0.3) is 22.6 Å². The van der Waals surface area contributed by atoms with Crippen molar-refractivity contribution in [3.8, 4) is 22.6 Å². The van der Waals surface area contributed by atoms with Crippen molar-refractivity contribution in [2.24, 2.45) is 0 Å². The van der Waals surface area contributed by atoms with Crippen LogP contribution in [0, 0.1) is 6.92 Å². The van der Waals surface area contributed by atoms with Crippen LogP contribution < -0.4 is 11.9 Å². The number of aromatic nitrogens is 3. The van der Waals surface area contributed by atoms with Crippen LogP contribution in [-0.4, -0.2) is 15.0 Å². The van der Waals surface area contributed by atoms with E-state index in [0.717, 1.165) is 22.4 Å². The molecule has 2 heterocycles. The Bertz CT molecular complexity index is 741. The second-order valence-corrected chi connectivity index (χ2v) is 4.58. The summed E-state index contributed by atoms with van der Waals surface area (Å²) in [6.45, 7) is 2.03. The van der Waals surface area contributed by atoms with E-state index in [4.69, 9.17) is 5.73 Å². The molecule has 1 aromatic carbocycles. The van der Waals surface area contributed by atoms with Crippen molar-refractivity contribution in [1.82, 2.24) is 21.1 Å². The largest absolute Gasteiger partial charge is 0.399 e. The summed E-state index contributed by atoms with van der Waals surface area (Å²) in [5, 5.41) is 0. The topological polar surface area (TPSA) is 99.7 Å². The third-order valence-corrected chi connectivity index (χ3v) is 3.13. The minimum atomic E-state index is 0. The van der Waals surface area contributed by atoms with Gasteiger partial charge in [0.25, 0.3) is 0 Å². The molecular formula is C16H17N5. The van der Waals surface area contributed by atoms with Gasteiger partial charge in [-0.15, -0.1) is 0 Å². The molecule has 0 saturated carbocycles. The molecule has 0 amide bonds. The lowest BCUT2D eigenvalue weighted by Gasteiger charge is -2.07. The first kappa shape index (κ1) is 14.6. The second-order valence-electron chi connectivity index (χ2n) is 4.58. The fourth-order valence-corrected chi connectivity index (χ4v) is 2.05. The van der Waals surface area contributed by atoms with Gasteiger partial charge in [-0.1, -0.05) is 6.07 Å². The molecule has 5 nitrogen and oxygen atoms in total. The molecule has 0 aliphatic carbocycles. The second kappa shape index (κ2) is 6.11. The summed E-state index contributed by atoms with van der Waals surface area (Å²) in [7, 11) is 0. The molecule has 0 fully saturated rings. The van der Waals surface area contributed by atoms with Crippen LogP contribution in [0.15, 0.2) is 55.0 Å². The van der Waals surface area contributed by atoms with E-state index in [1.54, 1.807) is 18.6 Å². The van der Waals surface area contributed by atoms with Crippen LogP contribution in [0.4, 0.5) is 5.69 Å². The average Bonchev–Trinajstić information content (AvgIpc) is 2.51. The number of benzene rings is 1. The highest BCUT2D eigenvalue weighted by molar-refractivity contribution is 5.68. The minimum Gasteiger partial charge on any atom is -0.399 e. The Kier molecular flexibility index (Phi) is 4.25. The van der Waals surface area contributed by atoms with Crippen molar-refractivity contribution in [2.75, 3.05) is 5.73 Å². The smallest absolute Gasteiger partial charge is 0.160 e. The first-order valence-electron chi connectivity index (χ1n) is 6.34. The lowest BCUT2D eigenvalue weighted by Crippen LogP contribution is -1.95. The van der Waals surface area contributed by atoms with Crippen molar-refractivity contribution in [3.05, 3.63) is 60.6 Å². The monoisotopic (exact) mass is 279 g/mol. The van der Waals surface area contributed by atoms with Crippen molar-refractivity contribution in [2.45, 2.75) is 6.92 Å². The summed E-state index contributed by atoms with van der Waals surface area (Å²) >= 11 is 0. The Morgan fingerprint density at radius 2 is 1.71 bits per heavy atom. The normalized spacial score (nSPS) is 9.95. The first-order valence-corrected chi connectivity index (χ1v) is 6.34. The molecule has 0 aliphatic rings. The molecule has 0 aliphatic heterocycles. The van der Waals surface area contributed by atoms with Crippen LogP contribution >= 0.6 is 0 Å². The van der Waals surface area contributed by atoms with Crippen LogP contribution in [0.2, 0.25) is 0 Å². The maximum atomic E-state index is 5.85. The summed E-state index contributed by atoms with van der Waals surface area (Å²) in [6, 6.07) is 11.5. The van der Waals surface area contributed by atoms with Gasteiger partial charge < -0.3 is 11.9 Å². The number of hydrogen-bond donors (Lipinski definition) is 2. The molecule has 0 bridgehead atoms. The van der Waals surface area contributed by atoms with E-state index in [9.17, 15) is 0 Å². The molecule has 5 heteroatoms. The van der Waals surface area contributed by atoms with Gasteiger partial charge in [-0.3, -0.25) is 4.98 Å². The zero-order chi connectivity index (χ0) is 13.9. The maximum Gasteiger partial charge on any atom is 0.160 e. The SMILES string of the molecule is Cc1ccc(N)cc1-c1nccc(-c2ccncc2)n1.N. The molecule has 0 radical (unpaired) electrons. The third kappa shape index (κ3) is 3.04. The molecule has 5 N–H and O–H groups in total. The van der Waals surface area contributed by atoms with Gasteiger partial charge in [0.2, 0.25) is 0 Å². The lowest BCUT2D eigenvalue weighted by molar-refractivity contribution is 1.17. The van der Waals surface area contributed by atoms with Crippen LogP contribution in [0.3, 0.4) is 0 Å². The van der Waals surface area contributed by atoms with E-state index in [0.29, 0.717) is 11.5 Å². The number of pyridine rings is 1. The Labute approximate surface area is 123 Å². The van der Waals surface area contributed by atoms with Crippen LogP contribution in [0.1, 0.15) is 5.56 Å². The lowest BCUT2D eigenvalue weighted by atomic mass is 10.1. The van der Waals surface area contributed by atoms with E-state index >= 15 is 0 Å². The molecule has 0 spiro atoms. The fraction of sp³-hybridized carbons (Fsp3) is 0.0625. The number of aryl methyl sites for hydroxylation is 1. The molecular weight excluding hydrogens is 262 g/mol. The van der Waals surface area contributed by atoms with Gasteiger partial charge in [-0.25, -0.2) is 9.97 Å². The molecule has 2 aromatic heterocycles. The van der Waals surface area contributed by atoms with Crippen molar-refractivity contribution in [3.63, 3.8) is 0 Å².